The second-order valence-electron chi connectivity index (χ2n) is 6.77. The molecule has 1 amide bonds. The van der Waals surface area contributed by atoms with Crippen LogP contribution in [0.5, 0.6) is 0 Å². The molecular weight excluding hydrogens is 288 g/mol. The fourth-order valence-corrected chi connectivity index (χ4v) is 3.79. The maximum Gasteiger partial charge on any atom is 0.273 e. The summed E-state index contributed by atoms with van der Waals surface area (Å²) < 4.78 is 1.55. The molecule has 0 saturated heterocycles. The van der Waals surface area contributed by atoms with Crippen molar-refractivity contribution in [2.24, 2.45) is 7.05 Å². The van der Waals surface area contributed by atoms with Crippen molar-refractivity contribution in [2.45, 2.75) is 44.9 Å². The monoisotopic (exact) mass is 312 g/mol. The largest absolute Gasteiger partial charge is 0.350 e. The summed E-state index contributed by atoms with van der Waals surface area (Å²) in [6, 6.07) is 6.65. The summed E-state index contributed by atoms with van der Waals surface area (Å²) in [5.41, 5.74) is 4.40. The minimum Gasteiger partial charge on any atom is -0.350 e. The van der Waals surface area contributed by atoms with Crippen molar-refractivity contribution in [3.05, 3.63) is 46.8 Å². The Morgan fingerprint density at radius 3 is 2.65 bits per heavy atom. The molecule has 0 atom stereocenters. The van der Waals surface area contributed by atoms with Crippen molar-refractivity contribution in [2.75, 3.05) is 6.54 Å². The van der Waals surface area contributed by atoms with E-state index in [1.54, 1.807) is 17.9 Å². The molecule has 1 heterocycles. The Bertz CT molecular complexity index is 714. The van der Waals surface area contributed by atoms with Gasteiger partial charge in [0, 0.05) is 19.0 Å². The highest BCUT2D eigenvalue weighted by molar-refractivity contribution is 5.91. The third-order valence-electron chi connectivity index (χ3n) is 4.94. The van der Waals surface area contributed by atoms with Crippen LogP contribution < -0.4 is 5.32 Å². The summed E-state index contributed by atoms with van der Waals surface area (Å²) in [6.45, 7) is 4.95. The van der Waals surface area contributed by atoms with E-state index in [1.807, 2.05) is 0 Å². The highest BCUT2D eigenvalue weighted by Crippen LogP contribution is 2.42. The van der Waals surface area contributed by atoms with Gasteiger partial charge in [-0.05, 0) is 37.8 Å². The highest BCUT2D eigenvalue weighted by Gasteiger charge is 2.37. The van der Waals surface area contributed by atoms with Gasteiger partial charge >= 0.3 is 0 Å². The zero-order valence-corrected chi connectivity index (χ0v) is 14.1. The van der Waals surface area contributed by atoms with E-state index in [2.05, 4.69) is 47.7 Å². The van der Waals surface area contributed by atoms with Gasteiger partial charge in [0.25, 0.3) is 5.91 Å². The van der Waals surface area contributed by atoms with Crippen LogP contribution in [0.15, 0.2) is 24.4 Å². The molecule has 23 heavy (non-hydrogen) atoms. The topological polar surface area (TPSA) is 59.8 Å². The molecule has 2 aromatic rings. The van der Waals surface area contributed by atoms with Gasteiger partial charge in [-0.1, -0.05) is 41.8 Å². The normalized spacial score (nSPS) is 16.5. The predicted octanol–water partition coefficient (Wildman–Crippen LogP) is 2.67. The van der Waals surface area contributed by atoms with Gasteiger partial charge in [0.15, 0.2) is 5.69 Å². The van der Waals surface area contributed by atoms with E-state index in [1.165, 1.54) is 29.5 Å². The number of hydrogen-bond acceptors (Lipinski definition) is 3. The van der Waals surface area contributed by atoms with Crippen LogP contribution in [0.2, 0.25) is 0 Å². The molecule has 1 fully saturated rings. The minimum atomic E-state index is -0.144. The van der Waals surface area contributed by atoms with Gasteiger partial charge in [-0.3, -0.25) is 9.48 Å². The average Bonchev–Trinajstić information content (AvgIpc) is 3.15. The zero-order chi connectivity index (χ0) is 16.4. The number of benzene rings is 1. The molecule has 5 nitrogen and oxygen atoms in total. The molecule has 0 radical (unpaired) electrons. The molecule has 1 aliphatic carbocycles. The summed E-state index contributed by atoms with van der Waals surface area (Å²) in [7, 11) is 1.76. The Hall–Kier alpha value is -2.17. The molecule has 1 saturated carbocycles. The fraction of sp³-hybridized carbons (Fsp3) is 0.500. The van der Waals surface area contributed by atoms with E-state index in [0.29, 0.717) is 12.2 Å². The number of aryl methyl sites for hydroxylation is 3. The summed E-state index contributed by atoms with van der Waals surface area (Å²) >= 11 is 0. The van der Waals surface area contributed by atoms with Gasteiger partial charge < -0.3 is 5.32 Å². The third-order valence-corrected chi connectivity index (χ3v) is 4.94. The number of carbonyl (C=O) groups excluding carboxylic acids is 1. The number of aromatic nitrogens is 3. The van der Waals surface area contributed by atoms with E-state index in [0.717, 1.165) is 12.8 Å². The molecule has 0 unspecified atom stereocenters. The summed E-state index contributed by atoms with van der Waals surface area (Å²) in [6.07, 6.45) is 6.33. The quantitative estimate of drug-likeness (QED) is 0.944. The van der Waals surface area contributed by atoms with Crippen molar-refractivity contribution in [1.29, 1.82) is 0 Å². The predicted molar refractivity (Wildman–Crippen MR) is 89.4 cm³/mol. The van der Waals surface area contributed by atoms with Gasteiger partial charge in [-0.25, -0.2) is 0 Å². The molecule has 1 aromatic heterocycles. The molecule has 1 N–H and O–H groups in total. The number of hydrogen-bond donors (Lipinski definition) is 1. The molecule has 3 rings (SSSR count). The van der Waals surface area contributed by atoms with Crippen molar-refractivity contribution in [1.82, 2.24) is 20.3 Å². The second kappa shape index (κ2) is 6.14. The van der Waals surface area contributed by atoms with Crippen LogP contribution in [-0.2, 0) is 12.5 Å². The summed E-state index contributed by atoms with van der Waals surface area (Å²) in [4.78, 5) is 12.3. The molecule has 1 aliphatic rings. The number of nitrogens with zero attached hydrogens (tertiary/aromatic N) is 3. The lowest BCUT2D eigenvalue weighted by Crippen LogP contribution is -2.39. The van der Waals surface area contributed by atoms with Crippen molar-refractivity contribution in [3.63, 3.8) is 0 Å². The fourth-order valence-electron chi connectivity index (χ4n) is 3.79. The maximum atomic E-state index is 12.3. The van der Waals surface area contributed by atoms with Gasteiger partial charge in [0.2, 0.25) is 0 Å². The minimum absolute atomic E-state index is 0.0512. The lowest BCUT2D eigenvalue weighted by Gasteiger charge is -2.31. The molecule has 5 heteroatoms. The Balaban J connectivity index is 1.80. The van der Waals surface area contributed by atoms with E-state index in [-0.39, 0.29) is 11.3 Å². The van der Waals surface area contributed by atoms with Crippen LogP contribution in [0.4, 0.5) is 0 Å². The SMILES string of the molecule is Cc1ccc(C2(CNC(=O)c3cn(C)nn3)CCCC2)c(C)c1. The van der Waals surface area contributed by atoms with Crippen molar-refractivity contribution >= 4 is 5.91 Å². The Labute approximate surface area is 137 Å². The maximum absolute atomic E-state index is 12.3. The van der Waals surface area contributed by atoms with Gasteiger partial charge in [-0.15, -0.1) is 5.10 Å². The molecular formula is C18H24N4O. The Morgan fingerprint density at radius 2 is 2.04 bits per heavy atom. The van der Waals surface area contributed by atoms with E-state index >= 15 is 0 Å². The first-order chi connectivity index (χ1) is 11.0. The first-order valence-corrected chi connectivity index (χ1v) is 8.22. The second-order valence-corrected chi connectivity index (χ2v) is 6.77. The Morgan fingerprint density at radius 1 is 1.30 bits per heavy atom. The number of amides is 1. The highest BCUT2D eigenvalue weighted by atomic mass is 16.2. The molecule has 0 aliphatic heterocycles. The van der Waals surface area contributed by atoms with Crippen molar-refractivity contribution in [3.8, 4) is 0 Å². The van der Waals surface area contributed by atoms with E-state index in [4.69, 9.17) is 0 Å². The van der Waals surface area contributed by atoms with Crippen LogP contribution in [-0.4, -0.2) is 27.4 Å². The number of carbonyl (C=O) groups is 1. The number of nitrogens with one attached hydrogen (secondary N) is 1. The molecule has 0 spiro atoms. The lowest BCUT2D eigenvalue weighted by molar-refractivity contribution is 0.0938. The first-order valence-electron chi connectivity index (χ1n) is 8.22. The summed E-state index contributed by atoms with van der Waals surface area (Å²) in [5.74, 6) is -0.144. The van der Waals surface area contributed by atoms with Crippen LogP contribution in [0.1, 0.15) is 52.9 Å². The van der Waals surface area contributed by atoms with Crippen LogP contribution in [0.3, 0.4) is 0 Å². The van der Waals surface area contributed by atoms with E-state index < -0.39 is 0 Å². The number of rotatable bonds is 4. The third kappa shape index (κ3) is 3.14. The first kappa shape index (κ1) is 15.7. The van der Waals surface area contributed by atoms with E-state index in [9.17, 15) is 4.79 Å². The molecule has 1 aromatic carbocycles. The Kier molecular flexibility index (Phi) is 4.20. The van der Waals surface area contributed by atoms with Gasteiger partial charge in [-0.2, -0.15) is 0 Å². The lowest BCUT2D eigenvalue weighted by atomic mass is 9.76. The zero-order valence-electron chi connectivity index (χ0n) is 14.1. The smallest absolute Gasteiger partial charge is 0.273 e. The van der Waals surface area contributed by atoms with Crippen LogP contribution >= 0.6 is 0 Å². The molecule has 0 bridgehead atoms. The average molecular weight is 312 g/mol. The van der Waals surface area contributed by atoms with Gasteiger partial charge in [0.1, 0.15) is 0 Å². The summed E-state index contributed by atoms with van der Waals surface area (Å²) in [5, 5.41) is 10.8. The molecule has 122 valence electrons. The van der Waals surface area contributed by atoms with Crippen LogP contribution in [0, 0.1) is 13.8 Å². The standard InChI is InChI=1S/C18H24N4O/c1-13-6-7-15(14(2)10-13)18(8-4-5-9-18)12-19-17(23)16-11-22(3)21-20-16/h6-7,10-11H,4-5,8-9,12H2,1-3H3,(H,19,23). The van der Waals surface area contributed by atoms with Gasteiger partial charge in [0.05, 0.1) is 6.20 Å². The van der Waals surface area contributed by atoms with Crippen molar-refractivity contribution < 1.29 is 4.79 Å². The van der Waals surface area contributed by atoms with Crippen LogP contribution in [0.25, 0.3) is 0 Å².